The maximum atomic E-state index is 11.8. The molecular formula is C16H14N2O3. The summed E-state index contributed by atoms with van der Waals surface area (Å²) in [5.74, 6) is -1.07. The second kappa shape index (κ2) is 4.94. The highest BCUT2D eigenvalue weighted by Crippen LogP contribution is 2.27. The number of rotatable bonds is 3. The zero-order valence-electron chi connectivity index (χ0n) is 11.4. The summed E-state index contributed by atoms with van der Waals surface area (Å²) in [4.78, 5) is 26.1. The number of nitrogens with one attached hydrogen (secondary N) is 2. The monoisotopic (exact) mass is 282 g/mol. The fourth-order valence-corrected chi connectivity index (χ4v) is 2.44. The van der Waals surface area contributed by atoms with E-state index in [9.17, 15) is 9.59 Å². The molecule has 5 nitrogen and oxygen atoms in total. The number of hydrogen-bond donors (Lipinski definition) is 3. The smallest absolute Gasteiger partial charge is 0.335 e. The SMILES string of the molecule is CCNC(=O)c1ccc2c(c1)[nH]c1ccc(C(=O)O)cc12. The lowest BCUT2D eigenvalue weighted by molar-refractivity contribution is 0.0696. The van der Waals surface area contributed by atoms with E-state index in [0.717, 1.165) is 21.8 Å². The third-order valence-corrected chi connectivity index (χ3v) is 3.45. The second-order valence-corrected chi connectivity index (χ2v) is 4.81. The van der Waals surface area contributed by atoms with Crippen LogP contribution in [0.5, 0.6) is 0 Å². The van der Waals surface area contributed by atoms with Crippen LogP contribution >= 0.6 is 0 Å². The summed E-state index contributed by atoms with van der Waals surface area (Å²) in [5.41, 5.74) is 2.49. The Kier molecular flexibility index (Phi) is 3.10. The first-order valence-electron chi connectivity index (χ1n) is 6.67. The fraction of sp³-hybridized carbons (Fsp3) is 0.125. The molecule has 2 aromatic carbocycles. The van der Waals surface area contributed by atoms with E-state index in [1.54, 1.807) is 30.3 Å². The zero-order valence-corrected chi connectivity index (χ0v) is 11.4. The molecule has 0 radical (unpaired) electrons. The van der Waals surface area contributed by atoms with Gasteiger partial charge in [0.15, 0.2) is 0 Å². The van der Waals surface area contributed by atoms with Crippen LogP contribution in [0.15, 0.2) is 36.4 Å². The van der Waals surface area contributed by atoms with Crippen LogP contribution in [0.25, 0.3) is 21.8 Å². The number of aromatic carboxylic acids is 1. The predicted molar refractivity (Wildman–Crippen MR) is 80.8 cm³/mol. The lowest BCUT2D eigenvalue weighted by Crippen LogP contribution is -2.22. The Bertz CT molecular complexity index is 864. The molecule has 1 aromatic heterocycles. The number of aromatic nitrogens is 1. The summed E-state index contributed by atoms with van der Waals surface area (Å²) >= 11 is 0. The van der Waals surface area contributed by atoms with Crippen LogP contribution in [0.4, 0.5) is 0 Å². The van der Waals surface area contributed by atoms with Crippen LogP contribution in [-0.2, 0) is 0 Å². The summed E-state index contributed by atoms with van der Waals surface area (Å²) in [6.07, 6.45) is 0. The van der Waals surface area contributed by atoms with E-state index in [0.29, 0.717) is 12.1 Å². The molecule has 0 saturated heterocycles. The van der Waals surface area contributed by atoms with Gasteiger partial charge in [0.25, 0.3) is 5.91 Å². The largest absolute Gasteiger partial charge is 0.478 e. The van der Waals surface area contributed by atoms with Crippen molar-refractivity contribution in [3.05, 3.63) is 47.5 Å². The van der Waals surface area contributed by atoms with Crippen molar-refractivity contribution in [1.29, 1.82) is 0 Å². The van der Waals surface area contributed by atoms with E-state index in [1.807, 2.05) is 13.0 Å². The van der Waals surface area contributed by atoms with Gasteiger partial charge in [-0.2, -0.15) is 0 Å². The van der Waals surface area contributed by atoms with Crippen LogP contribution in [0.3, 0.4) is 0 Å². The van der Waals surface area contributed by atoms with Gasteiger partial charge in [-0.05, 0) is 37.3 Å². The zero-order chi connectivity index (χ0) is 15.0. The van der Waals surface area contributed by atoms with Gasteiger partial charge in [-0.25, -0.2) is 4.79 Å². The van der Waals surface area contributed by atoms with Crippen molar-refractivity contribution in [3.8, 4) is 0 Å². The number of H-pyrrole nitrogens is 1. The number of aromatic amines is 1. The van der Waals surface area contributed by atoms with Gasteiger partial charge in [0.2, 0.25) is 0 Å². The molecule has 0 aliphatic rings. The Morgan fingerprint density at radius 3 is 2.52 bits per heavy atom. The van der Waals surface area contributed by atoms with Gasteiger partial charge in [-0.1, -0.05) is 6.07 Å². The van der Waals surface area contributed by atoms with E-state index in [2.05, 4.69) is 10.3 Å². The van der Waals surface area contributed by atoms with E-state index in [4.69, 9.17) is 5.11 Å². The molecule has 3 rings (SSSR count). The maximum Gasteiger partial charge on any atom is 0.335 e. The van der Waals surface area contributed by atoms with Crippen molar-refractivity contribution in [2.75, 3.05) is 6.54 Å². The van der Waals surface area contributed by atoms with E-state index < -0.39 is 5.97 Å². The molecule has 106 valence electrons. The molecule has 0 bridgehead atoms. The lowest BCUT2D eigenvalue weighted by Gasteiger charge is -2.01. The first-order valence-corrected chi connectivity index (χ1v) is 6.67. The molecule has 0 saturated carbocycles. The van der Waals surface area contributed by atoms with Gasteiger partial charge in [-0.3, -0.25) is 4.79 Å². The molecule has 0 fully saturated rings. The Hall–Kier alpha value is -2.82. The van der Waals surface area contributed by atoms with Gasteiger partial charge in [0.1, 0.15) is 0 Å². The molecule has 0 atom stereocenters. The highest BCUT2D eigenvalue weighted by Gasteiger charge is 2.11. The lowest BCUT2D eigenvalue weighted by atomic mass is 10.1. The summed E-state index contributed by atoms with van der Waals surface area (Å²) in [5, 5.41) is 13.6. The number of carboxylic acids is 1. The number of carboxylic acid groups (broad SMARTS) is 1. The summed E-state index contributed by atoms with van der Waals surface area (Å²) in [6.45, 7) is 2.44. The van der Waals surface area contributed by atoms with E-state index in [-0.39, 0.29) is 11.5 Å². The fourth-order valence-electron chi connectivity index (χ4n) is 2.44. The van der Waals surface area contributed by atoms with Gasteiger partial charge in [0, 0.05) is 33.9 Å². The van der Waals surface area contributed by atoms with Crippen molar-refractivity contribution in [2.24, 2.45) is 0 Å². The topological polar surface area (TPSA) is 82.2 Å². The van der Waals surface area contributed by atoms with E-state index >= 15 is 0 Å². The maximum absolute atomic E-state index is 11.8. The van der Waals surface area contributed by atoms with Crippen molar-refractivity contribution in [2.45, 2.75) is 6.92 Å². The van der Waals surface area contributed by atoms with Gasteiger partial charge in [-0.15, -0.1) is 0 Å². The van der Waals surface area contributed by atoms with Gasteiger partial charge >= 0.3 is 5.97 Å². The Labute approximate surface area is 120 Å². The summed E-state index contributed by atoms with van der Waals surface area (Å²) < 4.78 is 0. The molecule has 0 aliphatic carbocycles. The van der Waals surface area contributed by atoms with Crippen molar-refractivity contribution < 1.29 is 14.7 Å². The average Bonchev–Trinajstić information content (AvgIpc) is 2.84. The highest BCUT2D eigenvalue weighted by atomic mass is 16.4. The molecule has 3 aromatic rings. The summed E-state index contributed by atoms with van der Waals surface area (Å²) in [7, 11) is 0. The number of amides is 1. The van der Waals surface area contributed by atoms with Crippen molar-refractivity contribution in [3.63, 3.8) is 0 Å². The first-order chi connectivity index (χ1) is 10.1. The van der Waals surface area contributed by atoms with Crippen LogP contribution in [-0.4, -0.2) is 28.5 Å². The van der Waals surface area contributed by atoms with Gasteiger partial charge < -0.3 is 15.4 Å². The number of hydrogen-bond acceptors (Lipinski definition) is 2. The van der Waals surface area contributed by atoms with Crippen molar-refractivity contribution >= 4 is 33.7 Å². The minimum absolute atomic E-state index is 0.121. The highest BCUT2D eigenvalue weighted by molar-refractivity contribution is 6.11. The number of carbonyl (C=O) groups is 2. The van der Waals surface area contributed by atoms with Crippen LogP contribution in [0.2, 0.25) is 0 Å². The van der Waals surface area contributed by atoms with Gasteiger partial charge in [0.05, 0.1) is 5.56 Å². The van der Waals surface area contributed by atoms with E-state index in [1.165, 1.54) is 0 Å². The molecule has 21 heavy (non-hydrogen) atoms. The molecule has 0 aliphatic heterocycles. The Balaban J connectivity index is 2.17. The first kappa shape index (κ1) is 13.2. The molecule has 1 amide bonds. The molecule has 1 heterocycles. The van der Waals surface area contributed by atoms with Crippen molar-refractivity contribution in [1.82, 2.24) is 10.3 Å². The van der Waals surface area contributed by atoms with Crippen LogP contribution in [0.1, 0.15) is 27.6 Å². The number of fused-ring (bicyclic) bond motifs is 3. The minimum atomic E-state index is -0.954. The second-order valence-electron chi connectivity index (χ2n) is 4.81. The quantitative estimate of drug-likeness (QED) is 0.690. The standard InChI is InChI=1S/C16H14N2O3/c1-2-17-15(19)9-3-5-11-12-7-10(16(20)21)4-6-13(12)18-14(11)8-9/h3-8,18H,2H2,1H3,(H,17,19)(H,20,21). The molecule has 3 N–H and O–H groups in total. The van der Waals surface area contributed by atoms with Crippen LogP contribution in [0, 0.1) is 0 Å². The Morgan fingerprint density at radius 2 is 1.81 bits per heavy atom. The predicted octanol–water partition coefficient (Wildman–Crippen LogP) is 2.77. The molecule has 0 spiro atoms. The molecular weight excluding hydrogens is 268 g/mol. The summed E-state index contributed by atoms with van der Waals surface area (Å²) in [6, 6.07) is 10.3. The normalized spacial score (nSPS) is 10.9. The average molecular weight is 282 g/mol. The molecule has 5 heteroatoms. The third-order valence-electron chi connectivity index (χ3n) is 3.45. The number of carbonyl (C=O) groups excluding carboxylic acids is 1. The minimum Gasteiger partial charge on any atom is -0.478 e. The van der Waals surface area contributed by atoms with Crippen LogP contribution < -0.4 is 5.32 Å². The number of benzene rings is 2. The molecule has 0 unspecified atom stereocenters. The third kappa shape index (κ3) is 2.23. The Morgan fingerprint density at radius 1 is 1.05 bits per heavy atom.